The maximum Gasteiger partial charge on any atom is 0.133 e. The van der Waals surface area contributed by atoms with E-state index in [2.05, 4.69) is 13.8 Å². The van der Waals surface area contributed by atoms with Gasteiger partial charge in [-0.2, -0.15) is 0 Å². The molecule has 0 N–H and O–H groups in total. The molecule has 2 heteroatoms. The minimum absolute atomic E-state index is 0.0374. The van der Waals surface area contributed by atoms with Crippen LogP contribution in [0.25, 0.3) is 0 Å². The van der Waals surface area contributed by atoms with Crippen molar-refractivity contribution in [3.63, 3.8) is 0 Å². The van der Waals surface area contributed by atoms with E-state index in [1.807, 2.05) is 0 Å². The molecule has 1 fully saturated rings. The molecular weight excluding hydrogens is 140 g/mol. The molecule has 2 nitrogen and oxygen atoms in total. The van der Waals surface area contributed by atoms with Crippen LogP contribution in [-0.2, 0) is 9.59 Å². The molecule has 62 valence electrons. The Hall–Kier alpha value is -0.660. The Morgan fingerprint density at radius 2 is 2.18 bits per heavy atom. The molecule has 0 spiro atoms. The second-order valence-electron chi connectivity index (χ2n) is 3.97. The second kappa shape index (κ2) is 2.76. The molecule has 0 aromatic carbocycles. The van der Waals surface area contributed by atoms with Crippen molar-refractivity contribution in [3.8, 4) is 0 Å². The number of ketones is 1. The number of hydrogen-bond donors (Lipinski definition) is 0. The Balaban J connectivity index is 2.70. The average molecular weight is 154 g/mol. The lowest BCUT2D eigenvalue weighted by Gasteiger charge is -2.34. The summed E-state index contributed by atoms with van der Waals surface area (Å²) in [6, 6.07) is 0. The molecule has 1 saturated carbocycles. The van der Waals surface area contributed by atoms with Gasteiger partial charge in [0.15, 0.2) is 0 Å². The van der Waals surface area contributed by atoms with Crippen molar-refractivity contribution in [1.82, 2.24) is 0 Å². The fourth-order valence-electron chi connectivity index (χ4n) is 1.50. The molecule has 0 aromatic rings. The third-order valence-electron chi connectivity index (χ3n) is 2.66. The van der Waals surface area contributed by atoms with Crippen LogP contribution in [0.2, 0.25) is 0 Å². The molecule has 1 rings (SSSR count). The lowest BCUT2D eigenvalue weighted by molar-refractivity contribution is -0.129. The van der Waals surface area contributed by atoms with Gasteiger partial charge in [-0.15, -0.1) is 0 Å². The van der Waals surface area contributed by atoms with Crippen molar-refractivity contribution in [3.05, 3.63) is 0 Å². The van der Waals surface area contributed by atoms with Crippen LogP contribution in [0.5, 0.6) is 0 Å². The van der Waals surface area contributed by atoms with Gasteiger partial charge < -0.3 is 4.79 Å². The topological polar surface area (TPSA) is 34.1 Å². The standard InChI is InChI=1S/C9H14O2/c1-9(2)4-3-8(11)5-7(9)6-10/h6-7H,3-5H2,1-2H3/t7-/m0/s1. The summed E-state index contributed by atoms with van der Waals surface area (Å²) in [5.74, 6) is 0.185. The van der Waals surface area contributed by atoms with E-state index >= 15 is 0 Å². The predicted octanol–water partition coefficient (Wildman–Crippen LogP) is 1.58. The molecule has 1 atom stereocenters. The molecule has 1 aliphatic carbocycles. The first-order valence-corrected chi connectivity index (χ1v) is 4.03. The zero-order chi connectivity index (χ0) is 8.48. The van der Waals surface area contributed by atoms with E-state index in [0.717, 1.165) is 12.7 Å². The summed E-state index contributed by atoms with van der Waals surface area (Å²) in [7, 11) is 0. The maximum atomic E-state index is 11.0. The van der Waals surface area contributed by atoms with Crippen LogP contribution in [0.4, 0.5) is 0 Å². The Morgan fingerprint density at radius 1 is 1.55 bits per heavy atom. The first kappa shape index (κ1) is 8.44. The molecule has 0 unspecified atom stereocenters. The number of Topliss-reactive ketones (excluding diaryl/α,β-unsaturated/α-hetero) is 1. The predicted molar refractivity (Wildman–Crippen MR) is 42.2 cm³/mol. The van der Waals surface area contributed by atoms with Crippen LogP contribution in [0.15, 0.2) is 0 Å². The third-order valence-corrected chi connectivity index (χ3v) is 2.66. The van der Waals surface area contributed by atoms with E-state index in [0.29, 0.717) is 12.8 Å². The summed E-state index contributed by atoms with van der Waals surface area (Å²) in [5.41, 5.74) is 0.0374. The first-order valence-electron chi connectivity index (χ1n) is 4.03. The zero-order valence-corrected chi connectivity index (χ0v) is 7.09. The minimum Gasteiger partial charge on any atom is -0.303 e. The van der Waals surface area contributed by atoms with Gasteiger partial charge in [0.2, 0.25) is 0 Å². The summed E-state index contributed by atoms with van der Waals surface area (Å²) in [6.07, 6.45) is 2.89. The van der Waals surface area contributed by atoms with Gasteiger partial charge >= 0.3 is 0 Å². The number of carbonyl (C=O) groups is 2. The van der Waals surface area contributed by atoms with E-state index in [-0.39, 0.29) is 17.1 Å². The highest BCUT2D eigenvalue weighted by Gasteiger charge is 2.35. The summed E-state index contributed by atoms with van der Waals surface area (Å²) >= 11 is 0. The van der Waals surface area contributed by atoms with E-state index in [4.69, 9.17) is 0 Å². The monoisotopic (exact) mass is 154 g/mol. The van der Waals surface area contributed by atoms with Gasteiger partial charge in [0.25, 0.3) is 0 Å². The van der Waals surface area contributed by atoms with Crippen LogP contribution in [0.3, 0.4) is 0 Å². The third kappa shape index (κ3) is 1.67. The van der Waals surface area contributed by atoms with Crippen LogP contribution < -0.4 is 0 Å². The van der Waals surface area contributed by atoms with E-state index < -0.39 is 0 Å². The number of carbonyl (C=O) groups excluding carboxylic acids is 2. The first-order chi connectivity index (χ1) is 5.06. The highest BCUT2D eigenvalue weighted by molar-refractivity contribution is 5.82. The molecule has 1 aliphatic rings. The average Bonchev–Trinajstić information content (AvgIpc) is 1.94. The van der Waals surface area contributed by atoms with Gasteiger partial charge in [-0.05, 0) is 11.8 Å². The fourth-order valence-corrected chi connectivity index (χ4v) is 1.50. The molecule has 0 aromatic heterocycles. The molecule has 0 aliphatic heterocycles. The van der Waals surface area contributed by atoms with Crippen LogP contribution in [0.1, 0.15) is 33.1 Å². The Morgan fingerprint density at radius 3 is 2.64 bits per heavy atom. The van der Waals surface area contributed by atoms with Crippen molar-refractivity contribution in [1.29, 1.82) is 0 Å². The largest absolute Gasteiger partial charge is 0.303 e. The quantitative estimate of drug-likeness (QED) is 0.537. The number of aldehydes is 1. The molecule has 0 saturated heterocycles. The molecule has 0 bridgehead atoms. The Bertz CT molecular complexity index is 182. The Kier molecular flexibility index (Phi) is 2.12. The van der Waals surface area contributed by atoms with E-state index in [9.17, 15) is 9.59 Å². The van der Waals surface area contributed by atoms with Crippen molar-refractivity contribution in [2.75, 3.05) is 0 Å². The van der Waals surface area contributed by atoms with Crippen LogP contribution in [0, 0.1) is 11.3 Å². The van der Waals surface area contributed by atoms with Crippen LogP contribution >= 0.6 is 0 Å². The number of hydrogen-bond acceptors (Lipinski definition) is 2. The maximum absolute atomic E-state index is 11.0. The normalized spacial score (nSPS) is 30.0. The zero-order valence-electron chi connectivity index (χ0n) is 7.09. The summed E-state index contributed by atoms with van der Waals surface area (Å²) < 4.78 is 0. The molecular formula is C9H14O2. The van der Waals surface area contributed by atoms with E-state index in [1.54, 1.807) is 0 Å². The SMILES string of the molecule is CC1(C)CCC(=O)C[C@H]1C=O. The highest BCUT2D eigenvalue weighted by atomic mass is 16.1. The lowest BCUT2D eigenvalue weighted by Crippen LogP contribution is -2.32. The van der Waals surface area contributed by atoms with Gasteiger partial charge in [-0.3, -0.25) is 4.79 Å². The minimum atomic E-state index is -0.0521. The lowest BCUT2D eigenvalue weighted by atomic mass is 9.69. The highest BCUT2D eigenvalue weighted by Crippen LogP contribution is 2.37. The Labute approximate surface area is 67.0 Å². The summed E-state index contributed by atoms with van der Waals surface area (Å²) in [4.78, 5) is 21.5. The van der Waals surface area contributed by atoms with Gasteiger partial charge in [-0.25, -0.2) is 0 Å². The van der Waals surface area contributed by atoms with Gasteiger partial charge in [-0.1, -0.05) is 13.8 Å². The van der Waals surface area contributed by atoms with Gasteiger partial charge in [0, 0.05) is 18.8 Å². The van der Waals surface area contributed by atoms with Gasteiger partial charge in [0.05, 0.1) is 0 Å². The molecule has 0 amide bonds. The van der Waals surface area contributed by atoms with Gasteiger partial charge in [0.1, 0.15) is 12.1 Å². The molecule has 0 radical (unpaired) electrons. The second-order valence-corrected chi connectivity index (χ2v) is 3.97. The summed E-state index contributed by atoms with van der Waals surface area (Å²) in [5, 5.41) is 0. The van der Waals surface area contributed by atoms with Crippen molar-refractivity contribution < 1.29 is 9.59 Å². The summed E-state index contributed by atoms with van der Waals surface area (Å²) in [6.45, 7) is 4.11. The van der Waals surface area contributed by atoms with Crippen molar-refractivity contribution >= 4 is 12.1 Å². The van der Waals surface area contributed by atoms with Crippen molar-refractivity contribution in [2.24, 2.45) is 11.3 Å². The van der Waals surface area contributed by atoms with Crippen LogP contribution in [-0.4, -0.2) is 12.1 Å². The smallest absolute Gasteiger partial charge is 0.133 e. The number of rotatable bonds is 1. The van der Waals surface area contributed by atoms with Crippen molar-refractivity contribution in [2.45, 2.75) is 33.1 Å². The molecule has 11 heavy (non-hydrogen) atoms. The fraction of sp³-hybridized carbons (Fsp3) is 0.778. The van der Waals surface area contributed by atoms with E-state index in [1.165, 1.54) is 0 Å². The molecule has 0 heterocycles.